The molecule has 0 bridgehead atoms. The Balaban J connectivity index is 2.09. The van der Waals surface area contributed by atoms with Crippen molar-refractivity contribution in [1.29, 1.82) is 0 Å². The number of aryl methyl sites for hydroxylation is 1. The van der Waals surface area contributed by atoms with E-state index in [2.05, 4.69) is 48.3 Å². The molecule has 6 nitrogen and oxygen atoms in total. The van der Waals surface area contributed by atoms with Gasteiger partial charge in [0.2, 0.25) is 0 Å². The molecule has 136 valence electrons. The second-order valence-electron chi connectivity index (χ2n) is 6.41. The highest BCUT2D eigenvalue weighted by Gasteiger charge is 2.37. The summed E-state index contributed by atoms with van der Waals surface area (Å²) >= 11 is 2.37. The van der Waals surface area contributed by atoms with Crippen LogP contribution in [0.3, 0.4) is 0 Å². The average molecular weight is 466 g/mol. The molecule has 0 radical (unpaired) electrons. The highest BCUT2D eigenvalue weighted by molar-refractivity contribution is 14.1. The fourth-order valence-corrected chi connectivity index (χ4v) is 6.57. The summed E-state index contributed by atoms with van der Waals surface area (Å²) in [6.07, 6.45) is 1.95. The van der Waals surface area contributed by atoms with Crippen LogP contribution in [0, 0.1) is 6.92 Å². The number of hydrogen-bond acceptors (Lipinski definition) is 4. The fraction of sp³-hybridized carbons (Fsp3) is 0.750. The number of hydrogen-bond donors (Lipinski definition) is 1. The molecule has 0 unspecified atom stereocenters. The van der Waals surface area contributed by atoms with Gasteiger partial charge < -0.3 is 9.16 Å². The zero-order valence-electron chi connectivity index (χ0n) is 14.8. The summed E-state index contributed by atoms with van der Waals surface area (Å²) in [5.41, 5.74) is -0.248. The second-order valence-corrected chi connectivity index (χ2v) is 12.8. The summed E-state index contributed by atoms with van der Waals surface area (Å²) in [6.45, 7) is 8.91. The zero-order chi connectivity index (χ0) is 17.9. The van der Waals surface area contributed by atoms with Crippen molar-refractivity contribution in [3.8, 4) is 0 Å². The van der Waals surface area contributed by atoms with Gasteiger partial charge in [-0.3, -0.25) is 14.3 Å². The minimum Gasteiger partial charge on any atom is -0.414 e. The van der Waals surface area contributed by atoms with Crippen LogP contribution in [0.25, 0.3) is 0 Å². The summed E-state index contributed by atoms with van der Waals surface area (Å²) in [6, 6.07) is 3.34. The van der Waals surface area contributed by atoms with Gasteiger partial charge in [0.15, 0.2) is 8.32 Å². The molecule has 2 rings (SSSR count). The fourth-order valence-electron chi connectivity index (χ4n) is 3.12. The van der Waals surface area contributed by atoms with E-state index in [0.29, 0.717) is 12.2 Å². The van der Waals surface area contributed by atoms with Crippen LogP contribution in [0.5, 0.6) is 0 Å². The molecule has 3 atom stereocenters. The summed E-state index contributed by atoms with van der Waals surface area (Å²) in [5, 5.41) is 0. The zero-order valence-corrected chi connectivity index (χ0v) is 18.0. The lowest BCUT2D eigenvalue weighted by Gasteiger charge is -2.30. The summed E-state index contributed by atoms with van der Waals surface area (Å²) in [5.74, 6) is 0. The van der Waals surface area contributed by atoms with Crippen LogP contribution < -0.4 is 11.2 Å². The summed E-state index contributed by atoms with van der Waals surface area (Å²) in [7, 11) is -1.64. The highest BCUT2D eigenvalue weighted by Crippen LogP contribution is 2.34. The van der Waals surface area contributed by atoms with Crippen molar-refractivity contribution in [2.24, 2.45) is 0 Å². The van der Waals surface area contributed by atoms with E-state index in [0.717, 1.165) is 24.6 Å². The van der Waals surface area contributed by atoms with Crippen molar-refractivity contribution in [2.45, 2.75) is 68.5 Å². The molecule has 1 N–H and O–H groups in total. The predicted octanol–water partition coefficient (Wildman–Crippen LogP) is 2.96. The number of halogens is 1. The maximum absolute atomic E-state index is 12.0. The van der Waals surface area contributed by atoms with Gasteiger partial charge in [-0.15, -0.1) is 0 Å². The third-order valence-corrected chi connectivity index (χ3v) is 11.1. The molecular weight excluding hydrogens is 439 g/mol. The minimum absolute atomic E-state index is 0.0220. The second kappa shape index (κ2) is 8.28. The van der Waals surface area contributed by atoms with Gasteiger partial charge in [0, 0.05) is 22.1 Å². The third kappa shape index (κ3) is 4.20. The Morgan fingerprint density at radius 3 is 2.54 bits per heavy atom. The molecular formula is C16H27IN2O4Si. The number of ether oxygens (including phenoxy) is 1. The first-order valence-electron chi connectivity index (χ1n) is 8.61. The lowest BCUT2D eigenvalue weighted by Crippen LogP contribution is -2.39. The summed E-state index contributed by atoms with van der Waals surface area (Å²) < 4.78 is 14.2. The van der Waals surface area contributed by atoms with Crippen molar-refractivity contribution in [3.63, 3.8) is 0 Å². The number of nitrogens with one attached hydrogen (secondary N) is 1. The Kier molecular flexibility index (Phi) is 6.86. The maximum Gasteiger partial charge on any atom is 0.330 e. The quantitative estimate of drug-likeness (QED) is 0.381. The molecule has 0 spiro atoms. The lowest BCUT2D eigenvalue weighted by molar-refractivity contribution is -0.0205. The van der Waals surface area contributed by atoms with E-state index in [-0.39, 0.29) is 21.8 Å². The van der Waals surface area contributed by atoms with Gasteiger partial charge in [-0.25, -0.2) is 4.79 Å². The predicted molar refractivity (Wildman–Crippen MR) is 106 cm³/mol. The topological polar surface area (TPSA) is 73.3 Å². The van der Waals surface area contributed by atoms with E-state index >= 15 is 0 Å². The van der Waals surface area contributed by atoms with Gasteiger partial charge in [0.25, 0.3) is 5.56 Å². The molecule has 0 aromatic carbocycles. The molecule has 1 fully saturated rings. The molecule has 1 aliphatic heterocycles. The SMILES string of the molecule is CC[Si](CC)(CC)OC[C@H]1O[C@@H](n2cc(C)c(=O)[nH]c2=O)C[C@H]1I. The summed E-state index contributed by atoms with van der Waals surface area (Å²) in [4.78, 5) is 25.9. The first-order chi connectivity index (χ1) is 11.4. The molecule has 1 aromatic heterocycles. The molecule has 0 saturated carbocycles. The number of rotatable bonds is 7. The molecule has 1 aromatic rings. The van der Waals surface area contributed by atoms with Crippen molar-refractivity contribution < 1.29 is 9.16 Å². The van der Waals surface area contributed by atoms with Crippen LogP contribution in [0.1, 0.15) is 39.0 Å². The first kappa shape index (κ1) is 19.9. The van der Waals surface area contributed by atoms with E-state index in [9.17, 15) is 9.59 Å². The normalized spacial score (nSPS) is 24.5. The molecule has 1 saturated heterocycles. The van der Waals surface area contributed by atoms with Gasteiger partial charge >= 0.3 is 5.69 Å². The maximum atomic E-state index is 12.0. The smallest absolute Gasteiger partial charge is 0.330 e. The Hall–Kier alpha value is -0.453. The van der Waals surface area contributed by atoms with Gasteiger partial charge in [-0.2, -0.15) is 0 Å². The molecule has 0 amide bonds. The molecule has 0 aliphatic carbocycles. The van der Waals surface area contributed by atoms with Gasteiger partial charge in [-0.1, -0.05) is 43.4 Å². The van der Waals surface area contributed by atoms with Crippen molar-refractivity contribution in [1.82, 2.24) is 9.55 Å². The Labute approximate surface area is 157 Å². The van der Waals surface area contributed by atoms with Crippen LogP contribution in [0.4, 0.5) is 0 Å². The van der Waals surface area contributed by atoms with Crippen molar-refractivity contribution in [3.05, 3.63) is 32.6 Å². The number of aromatic amines is 1. The Morgan fingerprint density at radius 1 is 1.33 bits per heavy atom. The monoisotopic (exact) mass is 466 g/mol. The van der Waals surface area contributed by atoms with Crippen LogP contribution in [0.2, 0.25) is 18.1 Å². The van der Waals surface area contributed by atoms with Crippen LogP contribution in [-0.2, 0) is 9.16 Å². The number of nitrogens with zero attached hydrogens (tertiary/aromatic N) is 1. The van der Waals surface area contributed by atoms with Gasteiger partial charge in [0.05, 0.1) is 12.7 Å². The molecule has 2 heterocycles. The van der Waals surface area contributed by atoms with E-state index < -0.39 is 14.0 Å². The van der Waals surface area contributed by atoms with Gasteiger partial charge in [-0.05, 0) is 25.1 Å². The Morgan fingerprint density at radius 2 is 1.96 bits per heavy atom. The Bertz CT molecular complexity index is 663. The van der Waals surface area contributed by atoms with Crippen LogP contribution in [0.15, 0.2) is 15.8 Å². The van der Waals surface area contributed by atoms with E-state index in [1.807, 2.05) is 0 Å². The standard InChI is InChI=1S/C16H27IN2O4Si/c1-5-24(6-2,7-3)22-10-13-12(17)8-14(23-13)19-9-11(4)15(20)18-16(19)21/h9,12-14H,5-8,10H2,1-4H3,(H,18,20,21)/t12-,13-,14-/m1/s1. The minimum atomic E-state index is -1.64. The molecule has 8 heteroatoms. The van der Waals surface area contributed by atoms with Crippen molar-refractivity contribution in [2.75, 3.05) is 6.61 Å². The van der Waals surface area contributed by atoms with E-state index in [1.165, 1.54) is 4.57 Å². The largest absolute Gasteiger partial charge is 0.414 e. The van der Waals surface area contributed by atoms with E-state index in [1.54, 1.807) is 13.1 Å². The third-order valence-electron chi connectivity index (χ3n) is 5.11. The van der Waals surface area contributed by atoms with Crippen LogP contribution in [-0.4, -0.2) is 34.5 Å². The molecule has 24 heavy (non-hydrogen) atoms. The highest BCUT2D eigenvalue weighted by atomic mass is 127. The van der Waals surface area contributed by atoms with E-state index in [4.69, 9.17) is 9.16 Å². The van der Waals surface area contributed by atoms with Gasteiger partial charge in [0.1, 0.15) is 6.23 Å². The average Bonchev–Trinajstić information content (AvgIpc) is 2.93. The number of alkyl halides is 1. The number of aromatic nitrogens is 2. The lowest BCUT2D eigenvalue weighted by atomic mass is 10.2. The number of H-pyrrole nitrogens is 1. The molecule has 1 aliphatic rings. The first-order valence-corrected chi connectivity index (χ1v) is 12.4. The van der Waals surface area contributed by atoms with Crippen LogP contribution >= 0.6 is 22.6 Å². The van der Waals surface area contributed by atoms with Crippen molar-refractivity contribution >= 4 is 30.9 Å².